The topological polar surface area (TPSA) is 80.7 Å². The van der Waals surface area contributed by atoms with E-state index in [0.717, 1.165) is 36.6 Å². The number of nitrogens with two attached hydrogens (primary N) is 1. The van der Waals surface area contributed by atoms with E-state index >= 15 is 0 Å². The molecule has 4 rings (SSSR count). The van der Waals surface area contributed by atoms with Gasteiger partial charge < -0.3 is 24.7 Å². The Morgan fingerprint density at radius 2 is 1.68 bits per heavy atom. The maximum absolute atomic E-state index is 6.31. The van der Waals surface area contributed by atoms with E-state index in [2.05, 4.69) is 39.9 Å². The van der Waals surface area contributed by atoms with Gasteiger partial charge in [-0.15, -0.1) is 29.9 Å². The highest BCUT2D eigenvalue weighted by molar-refractivity contribution is 5.85. The van der Waals surface area contributed by atoms with Crippen molar-refractivity contribution in [2.24, 2.45) is 5.73 Å². The zero-order valence-corrected chi connectivity index (χ0v) is 19.5. The molecule has 1 saturated heterocycles. The number of anilines is 2. The molecule has 1 aliphatic heterocycles. The summed E-state index contributed by atoms with van der Waals surface area (Å²) < 4.78 is 11.5. The van der Waals surface area contributed by atoms with E-state index in [4.69, 9.17) is 14.9 Å². The Bertz CT molecular complexity index is 967. The van der Waals surface area contributed by atoms with Crippen molar-refractivity contribution >= 4 is 36.5 Å². The predicted octanol–water partition coefficient (Wildman–Crippen LogP) is 4.08. The lowest BCUT2D eigenvalue weighted by molar-refractivity contribution is 0.373. The molecule has 168 valence electrons. The Hall–Kier alpha value is -2.48. The molecule has 0 radical (unpaired) electrons. The van der Waals surface area contributed by atoms with Gasteiger partial charge in [0.1, 0.15) is 11.8 Å². The quantitative estimate of drug-likeness (QED) is 0.607. The number of hydrogen-bond acceptors (Lipinski definition) is 7. The summed E-state index contributed by atoms with van der Waals surface area (Å²) in [7, 11) is 1.71. The summed E-state index contributed by atoms with van der Waals surface area (Å²) >= 11 is 0. The molecule has 3 aromatic rings. The summed E-state index contributed by atoms with van der Waals surface area (Å²) in [6.45, 7) is 6.74. The molecule has 1 fully saturated rings. The fourth-order valence-electron chi connectivity index (χ4n) is 3.90. The zero-order valence-electron chi connectivity index (χ0n) is 17.9. The summed E-state index contributed by atoms with van der Waals surface area (Å²) in [5.74, 6) is 1.30. The van der Waals surface area contributed by atoms with E-state index in [1.54, 1.807) is 7.11 Å². The fourth-order valence-corrected chi connectivity index (χ4v) is 3.90. The smallest absolute Gasteiger partial charge is 0.318 e. The van der Waals surface area contributed by atoms with Crippen molar-refractivity contribution in [2.45, 2.75) is 25.4 Å². The number of nitrogens with zero attached hydrogens (tertiary/aromatic N) is 4. The number of benzene rings is 2. The van der Waals surface area contributed by atoms with Gasteiger partial charge in [-0.2, -0.15) is 0 Å². The Balaban J connectivity index is 0.00000171. The molecule has 0 bridgehead atoms. The van der Waals surface area contributed by atoms with Crippen LogP contribution in [-0.4, -0.2) is 42.5 Å². The van der Waals surface area contributed by atoms with Crippen LogP contribution in [0.15, 0.2) is 59.0 Å². The van der Waals surface area contributed by atoms with Crippen LogP contribution in [0.25, 0.3) is 0 Å². The minimum atomic E-state index is -0.430. The second-order valence-electron chi connectivity index (χ2n) is 7.87. The first kappa shape index (κ1) is 24.8. The molecule has 0 spiro atoms. The van der Waals surface area contributed by atoms with Crippen molar-refractivity contribution in [3.05, 3.63) is 66.1 Å². The van der Waals surface area contributed by atoms with Crippen LogP contribution < -0.4 is 20.3 Å². The van der Waals surface area contributed by atoms with E-state index in [1.165, 1.54) is 0 Å². The first-order chi connectivity index (χ1) is 14.0. The van der Waals surface area contributed by atoms with Gasteiger partial charge in [0.25, 0.3) is 0 Å². The Morgan fingerprint density at radius 3 is 2.35 bits per heavy atom. The number of para-hydroxylation sites is 2. The molecule has 1 atom stereocenters. The average Bonchev–Trinajstić information content (AvgIpc) is 3.23. The molecule has 2 heterocycles. The number of halogens is 2. The minimum absolute atomic E-state index is 0. The Kier molecular flexibility index (Phi) is 8.17. The zero-order chi connectivity index (χ0) is 20.4. The lowest BCUT2D eigenvalue weighted by Gasteiger charge is -2.48. The van der Waals surface area contributed by atoms with Crippen LogP contribution in [-0.2, 0) is 0 Å². The van der Waals surface area contributed by atoms with Crippen molar-refractivity contribution in [3.8, 4) is 5.75 Å². The van der Waals surface area contributed by atoms with Gasteiger partial charge in [0, 0.05) is 19.6 Å². The largest absolute Gasteiger partial charge is 0.495 e. The van der Waals surface area contributed by atoms with Crippen molar-refractivity contribution < 1.29 is 9.15 Å². The van der Waals surface area contributed by atoms with Gasteiger partial charge in [-0.3, -0.25) is 0 Å². The van der Waals surface area contributed by atoms with E-state index in [9.17, 15) is 0 Å². The molecule has 1 aliphatic rings. The molecule has 31 heavy (non-hydrogen) atoms. The Labute approximate surface area is 195 Å². The molecule has 7 nitrogen and oxygen atoms in total. The lowest BCUT2D eigenvalue weighted by Crippen LogP contribution is -2.60. The predicted molar refractivity (Wildman–Crippen MR) is 128 cm³/mol. The highest BCUT2D eigenvalue weighted by atomic mass is 35.5. The van der Waals surface area contributed by atoms with Crippen LogP contribution >= 0.6 is 24.8 Å². The molecule has 0 amide bonds. The maximum Gasteiger partial charge on any atom is 0.318 e. The van der Waals surface area contributed by atoms with Crippen molar-refractivity contribution in [3.63, 3.8) is 0 Å². The van der Waals surface area contributed by atoms with Gasteiger partial charge in [0.2, 0.25) is 5.89 Å². The SMILES string of the molecule is COc1ccccc1N1CCN(c2nnc([C@H](N)c3ccccc3)o2)CC1(C)C.Cl.Cl. The number of ether oxygens (including phenoxy) is 1. The molecule has 1 aromatic heterocycles. The van der Waals surface area contributed by atoms with Crippen LogP contribution in [0.3, 0.4) is 0 Å². The third-order valence-corrected chi connectivity index (χ3v) is 5.40. The van der Waals surface area contributed by atoms with Crippen LogP contribution in [0.5, 0.6) is 5.75 Å². The van der Waals surface area contributed by atoms with Crippen LogP contribution in [0.2, 0.25) is 0 Å². The van der Waals surface area contributed by atoms with Crippen molar-refractivity contribution in [1.82, 2.24) is 10.2 Å². The average molecular weight is 466 g/mol. The molecular formula is C22H29Cl2N5O2. The molecule has 9 heteroatoms. The summed E-state index contributed by atoms with van der Waals surface area (Å²) in [5.41, 5.74) is 8.20. The van der Waals surface area contributed by atoms with Gasteiger partial charge in [-0.05, 0) is 31.5 Å². The van der Waals surface area contributed by atoms with Crippen molar-refractivity contribution in [2.75, 3.05) is 36.5 Å². The van der Waals surface area contributed by atoms with Gasteiger partial charge >= 0.3 is 6.01 Å². The molecule has 2 aromatic carbocycles. The van der Waals surface area contributed by atoms with E-state index < -0.39 is 6.04 Å². The summed E-state index contributed by atoms with van der Waals surface area (Å²) in [5, 5.41) is 8.47. The normalized spacial score (nSPS) is 16.1. The third kappa shape index (κ3) is 5.06. The van der Waals surface area contributed by atoms with Crippen LogP contribution in [0.4, 0.5) is 11.7 Å². The van der Waals surface area contributed by atoms with Crippen molar-refractivity contribution in [1.29, 1.82) is 0 Å². The third-order valence-electron chi connectivity index (χ3n) is 5.40. The van der Waals surface area contributed by atoms with Gasteiger partial charge in [-0.25, -0.2) is 0 Å². The first-order valence-electron chi connectivity index (χ1n) is 9.79. The summed E-state index contributed by atoms with van der Waals surface area (Å²) in [6.07, 6.45) is 0. The second kappa shape index (κ2) is 10.2. The number of methoxy groups -OCH3 is 1. The molecule has 0 unspecified atom stereocenters. The second-order valence-corrected chi connectivity index (χ2v) is 7.87. The molecule has 0 saturated carbocycles. The molecule has 2 N–H and O–H groups in total. The first-order valence-corrected chi connectivity index (χ1v) is 9.79. The Morgan fingerprint density at radius 1 is 1.00 bits per heavy atom. The molecular weight excluding hydrogens is 437 g/mol. The standard InChI is InChI=1S/C22H27N5O2.2ClH/c1-22(2)15-26(13-14-27(22)17-11-7-8-12-18(17)28-3)21-25-24-20(29-21)19(23)16-9-5-4-6-10-16;;/h4-12,19H,13-15,23H2,1-3H3;2*1H/t19-;;/m1../s1. The van der Waals surface area contributed by atoms with E-state index in [1.807, 2.05) is 48.5 Å². The highest BCUT2D eigenvalue weighted by Gasteiger charge is 2.37. The maximum atomic E-state index is 6.31. The lowest BCUT2D eigenvalue weighted by atomic mass is 9.97. The number of piperazine rings is 1. The highest BCUT2D eigenvalue weighted by Crippen LogP contribution is 2.36. The van der Waals surface area contributed by atoms with E-state index in [0.29, 0.717) is 11.9 Å². The van der Waals surface area contributed by atoms with Crippen LogP contribution in [0.1, 0.15) is 31.3 Å². The van der Waals surface area contributed by atoms with Gasteiger partial charge in [0.15, 0.2) is 0 Å². The fraction of sp³-hybridized carbons (Fsp3) is 0.364. The minimum Gasteiger partial charge on any atom is -0.495 e. The van der Waals surface area contributed by atoms with E-state index in [-0.39, 0.29) is 30.4 Å². The number of rotatable bonds is 5. The molecule has 0 aliphatic carbocycles. The monoisotopic (exact) mass is 465 g/mol. The summed E-state index contributed by atoms with van der Waals surface area (Å²) in [6, 6.07) is 18.0. The van der Waals surface area contributed by atoms with Gasteiger partial charge in [-0.1, -0.05) is 47.6 Å². The van der Waals surface area contributed by atoms with Gasteiger partial charge in [0.05, 0.1) is 18.3 Å². The number of hydrogen-bond donors (Lipinski definition) is 1. The summed E-state index contributed by atoms with van der Waals surface area (Å²) in [4.78, 5) is 4.50. The van der Waals surface area contributed by atoms with Crippen LogP contribution in [0, 0.1) is 0 Å². The number of aromatic nitrogens is 2.